The molecular weight excluding hydrogens is 390 g/mol. The van der Waals surface area contributed by atoms with Crippen LogP contribution in [-0.2, 0) is 20.8 Å². The average molecular weight is 411 g/mol. The Labute approximate surface area is 171 Å². The van der Waals surface area contributed by atoms with Gasteiger partial charge in [0.05, 0.1) is 12.7 Å². The lowest BCUT2D eigenvalue weighted by Gasteiger charge is -2.24. The zero-order chi connectivity index (χ0) is 20.9. The molecule has 10 nitrogen and oxygen atoms in total. The molecule has 0 amide bonds. The summed E-state index contributed by atoms with van der Waals surface area (Å²) in [6.07, 6.45) is 1.17. The van der Waals surface area contributed by atoms with Gasteiger partial charge in [-0.3, -0.25) is 14.3 Å². The number of aromatic nitrogens is 5. The van der Waals surface area contributed by atoms with Gasteiger partial charge < -0.3 is 14.2 Å². The molecule has 2 saturated heterocycles. The van der Waals surface area contributed by atoms with Crippen LogP contribution in [0.3, 0.4) is 0 Å². The maximum atomic E-state index is 12.3. The lowest BCUT2D eigenvalue weighted by Crippen LogP contribution is -2.37. The molecule has 0 spiro atoms. The summed E-state index contributed by atoms with van der Waals surface area (Å²) < 4.78 is 21.3. The molecule has 2 fully saturated rings. The van der Waals surface area contributed by atoms with Crippen molar-refractivity contribution in [3.05, 3.63) is 69.6 Å². The second-order valence-electron chi connectivity index (χ2n) is 7.84. The van der Waals surface area contributed by atoms with Crippen molar-refractivity contribution in [3.63, 3.8) is 0 Å². The predicted molar refractivity (Wildman–Crippen MR) is 105 cm³/mol. The number of nitrogens with one attached hydrogen (secondary N) is 1. The molecular formula is C20H21N5O5. The molecule has 2 aromatic heterocycles. The highest BCUT2D eigenvalue weighted by Gasteiger charge is 2.56. The largest absolute Gasteiger partial charge is 0.347 e. The zero-order valence-electron chi connectivity index (χ0n) is 16.5. The first kappa shape index (κ1) is 18.9. The summed E-state index contributed by atoms with van der Waals surface area (Å²) in [6.45, 7) is 4.01. The maximum Gasteiger partial charge on any atom is 0.330 e. The normalized spacial score (nSPS) is 27.3. The van der Waals surface area contributed by atoms with Crippen LogP contribution < -0.4 is 11.2 Å². The van der Waals surface area contributed by atoms with Gasteiger partial charge in [-0.2, -0.15) is 0 Å². The number of ether oxygens (including phenoxy) is 3. The van der Waals surface area contributed by atoms with Gasteiger partial charge in [-0.05, 0) is 13.8 Å². The molecule has 0 aliphatic carbocycles. The van der Waals surface area contributed by atoms with Gasteiger partial charge in [-0.15, -0.1) is 5.10 Å². The molecule has 1 aromatic carbocycles. The zero-order valence-corrected chi connectivity index (χ0v) is 16.5. The second kappa shape index (κ2) is 7.01. The molecule has 30 heavy (non-hydrogen) atoms. The first-order chi connectivity index (χ1) is 14.4. The summed E-state index contributed by atoms with van der Waals surface area (Å²) in [4.78, 5) is 26.0. The molecule has 10 heteroatoms. The Balaban J connectivity index is 1.42. The minimum absolute atomic E-state index is 0.370. The van der Waals surface area contributed by atoms with E-state index < -0.39 is 41.6 Å². The van der Waals surface area contributed by atoms with Crippen LogP contribution >= 0.6 is 0 Å². The Kier molecular flexibility index (Phi) is 4.42. The predicted octanol–water partition coefficient (Wildman–Crippen LogP) is 0.913. The number of aromatic amines is 1. The molecule has 1 N–H and O–H groups in total. The number of fused-ring (bicyclic) bond motifs is 1. The first-order valence-electron chi connectivity index (χ1n) is 9.68. The Bertz CT molecular complexity index is 1170. The van der Waals surface area contributed by atoms with Crippen molar-refractivity contribution in [1.29, 1.82) is 0 Å². The third-order valence-electron chi connectivity index (χ3n) is 5.23. The van der Waals surface area contributed by atoms with Crippen LogP contribution in [0, 0.1) is 0 Å². The van der Waals surface area contributed by atoms with E-state index >= 15 is 0 Å². The van der Waals surface area contributed by atoms with Crippen LogP contribution in [0.1, 0.15) is 20.1 Å². The highest BCUT2D eigenvalue weighted by Crippen LogP contribution is 2.42. The topological polar surface area (TPSA) is 113 Å². The molecule has 0 radical (unpaired) electrons. The number of rotatable bonds is 4. The second-order valence-corrected chi connectivity index (χ2v) is 7.84. The molecule has 3 aromatic rings. The van der Waals surface area contributed by atoms with Gasteiger partial charge in [0.25, 0.3) is 5.56 Å². The SMILES string of the molecule is CC1(C)O[C@@H]2[C@H](O1)[C@@H](Cn1cc(-c3ccccc3)nn1)O[C@H]2n1ccc(=O)[nH]c1=O. The molecule has 0 unspecified atom stereocenters. The van der Waals surface area contributed by atoms with E-state index in [0.717, 1.165) is 11.3 Å². The average Bonchev–Trinajstić information content (AvgIpc) is 3.38. The quantitative estimate of drug-likeness (QED) is 0.679. The minimum atomic E-state index is -0.820. The highest BCUT2D eigenvalue weighted by molar-refractivity contribution is 5.57. The van der Waals surface area contributed by atoms with E-state index in [4.69, 9.17) is 14.2 Å². The van der Waals surface area contributed by atoms with Crippen molar-refractivity contribution in [2.75, 3.05) is 0 Å². The first-order valence-corrected chi connectivity index (χ1v) is 9.68. The lowest BCUT2D eigenvalue weighted by molar-refractivity contribution is -0.198. The smallest absolute Gasteiger partial charge is 0.330 e. The van der Waals surface area contributed by atoms with E-state index in [9.17, 15) is 9.59 Å². The molecule has 4 atom stereocenters. The van der Waals surface area contributed by atoms with E-state index in [2.05, 4.69) is 15.3 Å². The number of hydrogen-bond donors (Lipinski definition) is 1. The Morgan fingerprint density at radius 2 is 1.87 bits per heavy atom. The molecule has 2 aliphatic heterocycles. The summed E-state index contributed by atoms with van der Waals surface area (Å²) in [5, 5.41) is 8.44. The number of hydrogen-bond acceptors (Lipinski definition) is 7. The van der Waals surface area contributed by atoms with Crippen LogP contribution in [0.4, 0.5) is 0 Å². The van der Waals surface area contributed by atoms with Crippen molar-refractivity contribution in [2.45, 2.75) is 50.7 Å². The summed E-state index contributed by atoms with van der Waals surface area (Å²) in [5.74, 6) is -0.820. The fourth-order valence-electron chi connectivity index (χ4n) is 3.97. The highest BCUT2D eigenvalue weighted by atomic mass is 16.8. The third kappa shape index (κ3) is 3.38. The van der Waals surface area contributed by atoms with Gasteiger partial charge >= 0.3 is 5.69 Å². The van der Waals surface area contributed by atoms with E-state index in [-0.39, 0.29) is 0 Å². The molecule has 156 valence electrons. The minimum Gasteiger partial charge on any atom is -0.347 e. The van der Waals surface area contributed by atoms with Crippen LogP contribution in [0.5, 0.6) is 0 Å². The van der Waals surface area contributed by atoms with Gasteiger partial charge in [-0.1, -0.05) is 35.5 Å². The fourth-order valence-corrected chi connectivity index (χ4v) is 3.97. The Morgan fingerprint density at radius 3 is 2.63 bits per heavy atom. The van der Waals surface area contributed by atoms with Crippen molar-refractivity contribution < 1.29 is 14.2 Å². The van der Waals surface area contributed by atoms with Crippen molar-refractivity contribution in [2.24, 2.45) is 0 Å². The summed E-state index contributed by atoms with van der Waals surface area (Å²) in [5.41, 5.74) is 0.685. The van der Waals surface area contributed by atoms with Crippen molar-refractivity contribution in [1.82, 2.24) is 24.5 Å². The van der Waals surface area contributed by atoms with E-state index in [0.29, 0.717) is 6.54 Å². The molecule has 5 rings (SSSR count). The van der Waals surface area contributed by atoms with E-state index in [1.807, 2.05) is 50.4 Å². The Morgan fingerprint density at radius 1 is 1.10 bits per heavy atom. The summed E-state index contributed by atoms with van der Waals surface area (Å²) >= 11 is 0. The van der Waals surface area contributed by atoms with Crippen LogP contribution in [-0.4, -0.2) is 48.6 Å². The maximum absolute atomic E-state index is 12.3. The summed E-state index contributed by atoms with van der Waals surface area (Å²) in [7, 11) is 0. The number of nitrogens with zero attached hydrogens (tertiary/aromatic N) is 4. The van der Waals surface area contributed by atoms with Gasteiger partial charge in [0.2, 0.25) is 0 Å². The fraction of sp³-hybridized carbons (Fsp3) is 0.400. The molecule has 0 bridgehead atoms. The number of H-pyrrole nitrogens is 1. The Hall–Kier alpha value is -3.08. The summed E-state index contributed by atoms with van der Waals surface area (Å²) in [6, 6.07) is 11.0. The molecule has 4 heterocycles. The number of benzene rings is 1. The standard InChI is InChI=1S/C20H21N5O5/c1-20(2)29-16-14(11-24-10-13(22-23-24)12-6-4-3-5-7-12)28-18(17(16)30-20)25-9-8-15(26)21-19(25)27/h3-10,14,16-18H,11H2,1-2H3,(H,21,26,27)/t14-,16-,17-,18-/m1/s1. The third-order valence-corrected chi connectivity index (χ3v) is 5.23. The van der Waals surface area contributed by atoms with Crippen LogP contribution in [0.15, 0.2) is 58.4 Å². The monoisotopic (exact) mass is 411 g/mol. The molecule has 0 saturated carbocycles. The lowest BCUT2D eigenvalue weighted by atomic mass is 10.1. The van der Waals surface area contributed by atoms with Gasteiger partial charge in [0.15, 0.2) is 12.0 Å². The van der Waals surface area contributed by atoms with E-state index in [1.165, 1.54) is 16.8 Å². The van der Waals surface area contributed by atoms with Crippen LogP contribution in [0.2, 0.25) is 0 Å². The van der Waals surface area contributed by atoms with Crippen molar-refractivity contribution >= 4 is 0 Å². The van der Waals surface area contributed by atoms with Gasteiger partial charge in [0, 0.05) is 17.8 Å². The van der Waals surface area contributed by atoms with Gasteiger partial charge in [-0.25, -0.2) is 9.48 Å². The van der Waals surface area contributed by atoms with Gasteiger partial charge in [0.1, 0.15) is 24.0 Å². The van der Waals surface area contributed by atoms with E-state index in [1.54, 1.807) is 4.68 Å². The van der Waals surface area contributed by atoms with Crippen LogP contribution in [0.25, 0.3) is 11.3 Å². The molecule has 2 aliphatic rings. The van der Waals surface area contributed by atoms with Crippen molar-refractivity contribution in [3.8, 4) is 11.3 Å².